The van der Waals surface area contributed by atoms with Crippen LogP contribution in [-0.4, -0.2) is 6.29 Å². The van der Waals surface area contributed by atoms with Crippen LogP contribution in [0.2, 0.25) is 0 Å². The average Bonchev–Trinajstić information content (AvgIpc) is 3.54. The third kappa shape index (κ3) is 5.79. The van der Waals surface area contributed by atoms with Crippen molar-refractivity contribution in [3.05, 3.63) is 76.4 Å². The van der Waals surface area contributed by atoms with Gasteiger partial charge in [0, 0.05) is 5.57 Å². The number of carbonyl (C=O) groups excluding carboxylic acids is 1. The molecule has 0 aliphatic heterocycles. The van der Waals surface area contributed by atoms with E-state index in [9.17, 15) is 4.79 Å². The Kier molecular flexibility index (Phi) is 7.63. The summed E-state index contributed by atoms with van der Waals surface area (Å²) < 4.78 is 0. The zero-order valence-electron chi connectivity index (χ0n) is 18.2. The van der Waals surface area contributed by atoms with Crippen LogP contribution >= 0.6 is 0 Å². The predicted octanol–water partition coefficient (Wildman–Crippen LogP) is 7.67. The van der Waals surface area contributed by atoms with Crippen molar-refractivity contribution in [2.45, 2.75) is 65.7 Å². The molecule has 0 saturated heterocycles. The molecule has 0 radical (unpaired) electrons. The molecule has 0 aromatic heterocycles. The summed E-state index contributed by atoms with van der Waals surface area (Å²) in [5.41, 5.74) is 8.44. The second-order valence-electron chi connectivity index (χ2n) is 8.37. The van der Waals surface area contributed by atoms with Gasteiger partial charge in [-0.15, -0.1) is 0 Å². The molecule has 2 aromatic rings. The lowest BCUT2D eigenvalue weighted by Gasteiger charge is -2.14. The van der Waals surface area contributed by atoms with Gasteiger partial charge in [0.15, 0.2) is 0 Å². The van der Waals surface area contributed by atoms with Crippen molar-refractivity contribution in [3.63, 3.8) is 0 Å². The first-order valence-corrected chi connectivity index (χ1v) is 11.2. The lowest BCUT2D eigenvalue weighted by atomic mass is 9.90. The molecule has 1 fully saturated rings. The van der Waals surface area contributed by atoms with Gasteiger partial charge in [0.1, 0.15) is 6.29 Å². The zero-order chi connectivity index (χ0) is 20.6. The maximum atomic E-state index is 11.8. The number of hydrogen-bond donors (Lipinski definition) is 0. The number of aldehydes is 1. The Morgan fingerprint density at radius 3 is 2.55 bits per heavy atom. The van der Waals surface area contributed by atoms with Gasteiger partial charge in [-0.2, -0.15) is 0 Å². The lowest BCUT2D eigenvalue weighted by molar-refractivity contribution is -0.103. The Labute approximate surface area is 176 Å². The van der Waals surface area contributed by atoms with Crippen molar-refractivity contribution < 1.29 is 4.79 Å². The van der Waals surface area contributed by atoms with Crippen LogP contribution in [0.15, 0.2) is 48.5 Å². The number of hydrogen-bond acceptors (Lipinski definition) is 1. The van der Waals surface area contributed by atoms with Gasteiger partial charge < -0.3 is 0 Å². The quantitative estimate of drug-likeness (QED) is 0.232. The highest BCUT2D eigenvalue weighted by Gasteiger charge is 2.23. The summed E-state index contributed by atoms with van der Waals surface area (Å²) in [6.45, 7) is 6.53. The van der Waals surface area contributed by atoms with Crippen molar-refractivity contribution in [1.82, 2.24) is 0 Å². The Hall–Kier alpha value is -2.41. The minimum Gasteiger partial charge on any atom is -0.298 e. The van der Waals surface area contributed by atoms with Gasteiger partial charge in [0.05, 0.1) is 0 Å². The van der Waals surface area contributed by atoms with Crippen LogP contribution in [-0.2, 0) is 11.2 Å². The molecule has 2 aromatic carbocycles. The summed E-state index contributed by atoms with van der Waals surface area (Å²) in [5.74, 6) is 0.810. The number of carbonyl (C=O) groups is 1. The highest BCUT2D eigenvalue weighted by atomic mass is 16.1. The van der Waals surface area contributed by atoms with Gasteiger partial charge in [0.2, 0.25) is 0 Å². The van der Waals surface area contributed by atoms with E-state index in [1.54, 1.807) is 0 Å². The van der Waals surface area contributed by atoms with Gasteiger partial charge in [-0.25, -0.2) is 0 Å². The summed E-state index contributed by atoms with van der Waals surface area (Å²) >= 11 is 0. The maximum Gasteiger partial charge on any atom is 0.150 e. The minimum atomic E-state index is 0.810. The van der Waals surface area contributed by atoms with Crippen LogP contribution in [0.4, 0.5) is 0 Å². The first-order valence-electron chi connectivity index (χ1n) is 11.2. The molecule has 0 atom stereocenters. The molecular weight excluding hydrogens is 352 g/mol. The molecule has 1 aliphatic rings. The fourth-order valence-electron chi connectivity index (χ4n) is 3.93. The minimum absolute atomic E-state index is 0.810. The van der Waals surface area contributed by atoms with Crippen LogP contribution in [0.5, 0.6) is 0 Å². The molecular formula is C28H34O. The monoisotopic (exact) mass is 386 g/mol. The number of allylic oxidation sites excluding steroid dienone is 3. The predicted molar refractivity (Wildman–Crippen MR) is 126 cm³/mol. The maximum absolute atomic E-state index is 11.8. The zero-order valence-corrected chi connectivity index (χ0v) is 18.2. The summed E-state index contributed by atoms with van der Waals surface area (Å²) in [7, 11) is 0. The van der Waals surface area contributed by atoms with E-state index < -0.39 is 0 Å². The van der Waals surface area contributed by atoms with E-state index in [1.165, 1.54) is 40.7 Å². The molecule has 0 unspecified atom stereocenters. The summed E-state index contributed by atoms with van der Waals surface area (Å²) in [4.78, 5) is 11.8. The average molecular weight is 387 g/mol. The van der Waals surface area contributed by atoms with Crippen LogP contribution in [0.1, 0.15) is 80.2 Å². The molecule has 1 heteroatoms. The van der Waals surface area contributed by atoms with Gasteiger partial charge in [-0.1, -0.05) is 81.3 Å². The summed E-state index contributed by atoms with van der Waals surface area (Å²) in [6, 6.07) is 15.4. The number of aryl methyl sites for hydroxylation is 2. The fraction of sp³-hybridized carbons (Fsp3) is 0.393. The Balaban J connectivity index is 2.08. The first-order chi connectivity index (χ1) is 14.2. The van der Waals surface area contributed by atoms with E-state index in [0.29, 0.717) is 0 Å². The lowest BCUT2D eigenvalue weighted by Crippen LogP contribution is -1.96. The molecule has 0 spiro atoms. The fourth-order valence-corrected chi connectivity index (χ4v) is 3.93. The number of unbranched alkanes of at least 4 members (excludes halogenated alkanes) is 1. The van der Waals surface area contributed by atoms with Crippen LogP contribution in [0.25, 0.3) is 17.2 Å². The Bertz CT molecular complexity index is 896. The SMILES string of the molecule is CCC/C=C(\C=O)c1cccc(C)c1/C=C(\CC1CC1)c1cccc(CCC)c1. The third-order valence-corrected chi connectivity index (χ3v) is 5.78. The van der Waals surface area contributed by atoms with E-state index in [-0.39, 0.29) is 0 Å². The van der Waals surface area contributed by atoms with Crippen molar-refractivity contribution in [3.8, 4) is 0 Å². The van der Waals surface area contributed by atoms with Gasteiger partial charge >= 0.3 is 0 Å². The normalized spacial score (nSPS) is 14.9. The van der Waals surface area contributed by atoms with E-state index in [2.05, 4.69) is 75.4 Å². The molecule has 29 heavy (non-hydrogen) atoms. The molecule has 152 valence electrons. The second-order valence-corrected chi connectivity index (χ2v) is 8.37. The van der Waals surface area contributed by atoms with E-state index in [0.717, 1.165) is 55.4 Å². The number of benzene rings is 2. The van der Waals surface area contributed by atoms with Crippen LogP contribution in [0, 0.1) is 12.8 Å². The van der Waals surface area contributed by atoms with E-state index in [1.807, 2.05) is 0 Å². The first kappa shape index (κ1) is 21.3. The molecule has 1 saturated carbocycles. The Morgan fingerprint density at radius 1 is 1.07 bits per heavy atom. The van der Waals surface area contributed by atoms with Crippen molar-refractivity contribution >= 4 is 23.5 Å². The third-order valence-electron chi connectivity index (χ3n) is 5.78. The van der Waals surface area contributed by atoms with Gasteiger partial charge in [-0.3, -0.25) is 4.79 Å². The van der Waals surface area contributed by atoms with E-state index in [4.69, 9.17) is 0 Å². The molecule has 0 heterocycles. The molecule has 1 nitrogen and oxygen atoms in total. The van der Waals surface area contributed by atoms with Crippen molar-refractivity contribution in [2.24, 2.45) is 5.92 Å². The highest BCUT2D eigenvalue weighted by molar-refractivity contribution is 6.09. The van der Waals surface area contributed by atoms with Crippen molar-refractivity contribution in [2.75, 3.05) is 0 Å². The summed E-state index contributed by atoms with van der Waals surface area (Å²) in [6.07, 6.45) is 13.5. The molecule has 3 rings (SSSR count). The summed E-state index contributed by atoms with van der Waals surface area (Å²) in [5, 5.41) is 0. The smallest absolute Gasteiger partial charge is 0.150 e. The van der Waals surface area contributed by atoms with E-state index >= 15 is 0 Å². The molecule has 0 amide bonds. The second kappa shape index (κ2) is 10.4. The topological polar surface area (TPSA) is 17.1 Å². The Morgan fingerprint density at radius 2 is 1.86 bits per heavy atom. The highest BCUT2D eigenvalue weighted by Crippen LogP contribution is 2.40. The van der Waals surface area contributed by atoms with Crippen molar-refractivity contribution in [1.29, 1.82) is 0 Å². The van der Waals surface area contributed by atoms with Crippen LogP contribution < -0.4 is 0 Å². The van der Waals surface area contributed by atoms with Crippen LogP contribution in [0.3, 0.4) is 0 Å². The largest absolute Gasteiger partial charge is 0.298 e. The molecule has 0 N–H and O–H groups in total. The molecule has 0 bridgehead atoms. The standard InChI is InChI=1S/C28H34O/c1-4-6-12-25(20-29)27-14-7-10-21(3)28(27)19-26(18-23-15-16-23)24-13-8-11-22(17-24)9-5-2/h7-8,10-14,17,19-20,23H,4-6,9,15-16,18H2,1-3H3/b25-12+,26-19+. The number of rotatable bonds is 10. The molecule has 1 aliphatic carbocycles. The van der Waals surface area contributed by atoms with Gasteiger partial charge in [-0.05, 0) is 78.3 Å². The van der Waals surface area contributed by atoms with Gasteiger partial charge in [0.25, 0.3) is 0 Å².